The van der Waals surface area contributed by atoms with Crippen LogP contribution in [0.1, 0.15) is 19.3 Å². The van der Waals surface area contributed by atoms with Crippen LogP contribution in [0, 0.1) is 0 Å². The molecule has 0 aromatic rings. The average molecular weight is 233 g/mol. The first kappa shape index (κ1) is 11.3. The van der Waals surface area contributed by atoms with Gasteiger partial charge in [0.2, 0.25) is 0 Å². The molecule has 6 heteroatoms. The van der Waals surface area contributed by atoms with Gasteiger partial charge >= 0.3 is 0 Å². The minimum Gasteiger partial charge on any atom is -0.310 e. The number of fused-ring (bicyclic) bond motifs is 2. The number of hydrogen-bond acceptors (Lipinski definition) is 3. The maximum absolute atomic E-state index is 11.9. The molecule has 0 amide bonds. The lowest BCUT2D eigenvalue weighted by atomic mass is 10.1. The lowest BCUT2D eigenvalue weighted by molar-refractivity contribution is 0.355. The molecule has 0 spiro atoms. The van der Waals surface area contributed by atoms with E-state index >= 15 is 0 Å². The first-order valence-corrected chi connectivity index (χ1v) is 6.83. The molecule has 0 aliphatic carbocycles. The summed E-state index contributed by atoms with van der Waals surface area (Å²) in [5, 5.41) is 3.47. The number of nitrogens with one attached hydrogen (secondary N) is 1. The summed E-state index contributed by atoms with van der Waals surface area (Å²) in [5.41, 5.74) is 0. The Labute approximate surface area is 91.6 Å². The molecule has 5 nitrogen and oxygen atoms in total. The summed E-state index contributed by atoms with van der Waals surface area (Å²) in [5.74, 6) is 0. The van der Waals surface area contributed by atoms with E-state index in [0.29, 0.717) is 25.2 Å². The molecule has 2 aliphatic heterocycles. The van der Waals surface area contributed by atoms with E-state index in [1.165, 1.54) is 10.7 Å². The highest BCUT2D eigenvalue weighted by Crippen LogP contribution is 2.22. The third kappa shape index (κ3) is 2.18. The fourth-order valence-corrected chi connectivity index (χ4v) is 3.52. The third-order valence-corrected chi connectivity index (χ3v) is 5.18. The van der Waals surface area contributed by atoms with Gasteiger partial charge in [0.1, 0.15) is 0 Å². The predicted molar refractivity (Wildman–Crippen MR) is 58.7 cm³/mol. The molecule has 88 valence electrons. The van der Waals surface area contributed by atoms with E-state index in [0.717, 1.165) is 12.8 Å². The summed E-state index contributed by atoms with van der Waals surface area (Å²) in [6.07, 6.45) is 3.23. The van der Waals surface area contributed by atoms with Gasteiger partial charge in [0.25, 0.3) is 10.2 Å². The summed E-state index contributed by atoms with van der Waals surface area (Å²) >= 11 is 0. The summed E-state index contributed by atoms with van der Waals surface area (Å²) in [4.78, 5) is 0. The van der Waals surface area contributed by atoms with Crippen molar-refractivity contribution in [3.05, 3.63) is 0 Å². The minimum absolute atomic E-state index is 0.354. The SMILES string of the molecule is CN(C)S(=O)(=O)N1CCC2CCC(C1)N2. The highest BCUT2D eigenvalue weighted by molar-refractivity contribution is 7.86. The van der Waals surface area contributed by atoms with Crippen LogP contribution in [0.25, 0.3) is 0 Å². The first-order chi connectivity index (χ1) is 7.00. The van der Waals surface area contributed by atoms with Gasteiger partial charge in [-0.1, -0.05) is 0 Å². The molecule has 2 atom stereocenters. The fraction of sp³-hybridized carbons (Fsp3) is 1.00. The van der Waals surface area contributed by atoms with Crippen LogP contribution < -0.4 is 5.32 Å². The van der Waals surface area contributed by atoms with E-state index in [-0.39, 0.29) is 0 Å². The van der Waals surface area contributed by atoms with Crippen molar-refractivity contribution >= 4 is 10.2 Å². The Morgan fingerprint density at radius 2 is 1.87 bits per heavy atom. The van der Waals surface area contributed by atoms with Crippen LogP contribution in [0.15, 0.2) is 0 Å². The first-order valence-electron chi connectivity index (χ1n) is 5.44. The highest BCUT2D eigenvalue weighted by atomic mass is 32.2. The summed E-state index contributed by atoms with van der Waals surface area (Å²) in [7, 11) is -0.0407. The van der Waals surface area contributed by atoms with Crippen molar-refractivity contribution in [2.45, 2.75) is 31.3 Å². The van der Waals surface area contributed by atoms with Crippen molar-refractivity contribution in [2.24, 2.45) is 0 Å². The van der Waals surface area contributed by atoms with Gasteiger partial charge in [-0.25, -0.2) is 0 Å². The monoisotopic (exact) mass is 233 g/mol. The Bertz CT molecular complexity index is 328. The Kier molecular flexibility index (Phi) is 3.03. The summed E-state index contributed by atoms with van der Waals surface area (Å²) in [6, 6.07) is 0.879. The Balaban J connectivity index is 2.11. The van der Waals surface area contributed by atoms with Crippen molar-refractivity contribution in [3.8, 4) is 0 Å². The van der Waals surface area contributed by atoms with Crippen molar-refractivity contribution in [2.75, 3.05) is 27.2 Å². The van der Waals surface area contributed by atoms with Gasteiger partial charge in [0.15, 0.2) is 0 Å². The van der Waals surface area contributed by atoms with Crippen LogP contribution in [-0.4, -0.2) is 56.3 Å². The van der Waals surface area contributed by atoms with E-state index in [2.05, 4.69) is 5.32 Å². The van der Waals surface area contributed by atoms with Crippen LogP contribution in [0.5, 0.6) is 0 Å². The lowest BCUT2D eigenvalue weighted by Crippen LogP contribution is -2.44. The second-order valence-electron chi connectivity index (χ2n) is 4.57. The van der Waals surface area contributed by atoms with Gasteiger partial charge in [-0.05, 0) is 19.3 Å². The molecule has 2 aliphatic rings. The fourth-order valence-electron chi connectivity index (χ4n) is 2.35. The molecule has 0 aromatic carbocycles. The van der Waals surface area contributed by atoms with Gasteiger partial charge in [-0.3, -0.25) is 0 Å². The van der Waals surface area contributed by atoms with Gasteiger partial charge in [0, 0.05) is 39.3 Å². The molecule has 15 heavy (non-hydrogen) atoms. The molecule has 2 rings (SSSR count). The molecule has 1 N–H and O–H groups in total. The molecule has 2 saturated heterocycles. The van der Waals surface area contributed by atoms with E-state index in [1.807, 2.05) is 0 Å². The van der Waals surface area contributed by atoms with Crippen molar-refractivity contribution in [1.29, 1.82) is 0 Å². The maximum atomic E-state index is 11.9. The van der Waals surface area contributed by atoms with E-state index < -0.39 is 10.2 Å². The van der Waals surface area contributed by atoms with Gasteiger partial charge in [0.05, 0.1) is 0 Å². The summed E-state index contributed by atoms with van der Waals surface area (Å²) < 4.78 is 26.8. The standard InChI is InChI=1S/C9H19N3O2S/c1-11(2)15(13,14)12-6-5-8-3-4-9(7-12)10-8/h8-10H,3-7H2,1-2H3. The van der Waals surface area contributed by atoms with Crippen molar-refractivity contribution < 1.29 is 8.42 Å². The second kappa shape index (κ2) is 4.01. The molecule has 2 fully saturated rings. The second-order valence-corrected chi connectivity index (χ2v) is 6.72. The van der Waals surface area contributed by atoms with Gasteiger partial charge in [-0.15, -0.1) is 0 Å². The van der Waals surface area contributed by atoms with Crippen LogP contribution in [0.2, 0.25) is 0 Å². The number of rotatable bonds is 2. The zero-order valence-corrected chi connectivity index (χ0v) is 10.1. The van der Waals surface area contributed by atoms with Crippen LogP contribution in [0.4, 0.5) is 0 Å². The minimum atomic E-state index is -3.22. The zero-order chi connectivity index (χ0) is 11.1. The molecular weight excluding hydrogens is 214 g/mol. The smallest absolute Gasteiger partial charge is 0.281 e. The molecule has 2 bridgehead atoms. The molecule has 0 radical (unpaired) electrons. The topological polar surface area (TPSA) is 52.7 Å². The third-order valence-electron chi connectivity index (χ3n) is 3.27. The molecule has 0 aromatic heterocycles. The van der Waals surface area contributed by atoms with Crippen LogP contribution in [-0.2, 0) is 10.2 Å². The molecule has 0 saturated carbocycles. The van der Waals surface area contributed by atoms with Crippen molar-refractivity contribution in [1.82, 2.24) is 13.9 Å². The Morgan fingerprint density at radius 1 is 1.20 bits per heavy atom. The molecule has 2 unspecified atom stereocenters. The molecule has 2 heterocycles. The quantitative estimate of drug-likeness (QED) is 0.707. The Morgan fingerprint density at radius 3 is 2.53 bits per heavy atom. The van der Waals surface area contributed by atoms with Gasteiger partial charge in [-0.2, -0.15) is 17.0 Å². The average Bonchev–Trinajstić information content (AvgIpc) is 2.44. The summed E-state index contributed by atoms with van der Waals surface area (Å²) in [6.45, 7) is 1.27. The maximum Gasteiger partial charge on any atom is 0.281 e. The van der Waals surface area contributed by atoms with E-state index in [9.17, 15) is 8.42 Å². The highest BCUT2D eigenvalue weighted by Gasteiger charge is 2.34. The van der Waals surface area contributed by atoms with E-state index in [1.54, 1.807) is 18.4 Å². The van der Waals surface area contributed by atoms with Crippen LogP contribution in [0.3, 0.4) is 0 Å². The zero-order valence-electron chi connectivity index (χ0n) is 9.31. The number of hydrogen-bond donors (Lipinski definition) is 1. The predicted octanol–water partition coefficient (Wildman–Crippen LogP) is -0.381. The van der Waals surface area contributed by atoms with Crippen LogP contribution >= 0.6 is 0 Å². The molecular formula is C9H19N3O2S. The van der Waals surface area contributed by atoms with E-state index in [4.69, 9.17) is 0 Å². The number of nitrogens with zero attached hydrogens (tertiary/aromatic N) is 2. The lowest BCUT2D eigenvalue weighted by Gasteiger charge is -2.26. The van der Waals surface area contributed by atoms with Gasteiger partial charge < -0.3 is 5.32 Å². The Hall–Kier alpha value is -0.170. The normalized spacial score (nSPS) is 33.3. The van der Waals surface area contributed by atoms with Crippen molar-refractivity contribution in [3.63, 3.8) is 0 Å². The largest absolute Gasteiger partial charge is 0.310 e.